The number of nitrogens with zero attached hydrogens (tertiary/aromatic N) is 1. The fourth-order valence-electron chi connectivity index (χ4n) is 3.65. The van der Waals surface area contributed by atoms with Crippen LogP contribution in [0.2, 0.25) is 0 Å². The Hall–Kier alpha value is -0.540. The van der Waals surface area contributed by atoms with E-state index in [0.29, 0.717) is 5.92 Å². The molecule has 3 rings (SSSR count). The number of piperidine rings is 1. The fraction of sp³-hybridized carbons (Fsp3) is 0.846. The van der Waals surface area contributed by atoms with Gasteiger partial charge in [-0.1, -0.05) is 0 Å². The van der Waals surface area contributed by atoms with Gasteiger partial charge >= 0.3 is 0 Å². The Bertz CT molecular complexity index is 288. The van der Waals surface area contributed by atoms with Crippen LogP contribution in [-0.2, 0) is 4.74 Å². The summed E-state index contributed by atoms with van der Waals surface area (Å²) in [6.45, 7) is 0.836. The summed E-state index contributed by atoms with van der Waals surface area (Å²) < 4.78 is 5.61. The Morgan fingerprint density at radius 2 is 2.06 bits per heavy atom. The highest BCUT2D eigenvalue weighted by Crippen LogP contribution is 2.39. The Morgan fingerprint density at radius 1 is 1.38 bits per heavy atom. The summed E-state index contributed by atoms with van der Waals surface area (Å²) in [6, 6.07) is 1.70. The number of nitrogens with two attached hydrogens (primary N) is 1. The number of hydrogen-bond donors (Lipinski definition) is 1. The molecule has 3 unspecified atom stereocenters. The van der Waals surface area contributed by atoms with Crippen LogP contribution < -0.4 is 5.73 Å². The molecule has 3 aliphatic rings. The lowest BCUT2D eigenvalue weighted by Crippen LogP contribution is -2.46. The number of fused-ring (bicyclic) bond motifs is 2. The first-order chi connectivity index (χ1) is 7.75. The first-order valence-electron chi connectivity index (χ1n) is 6.56. The molecule has 0 aliphatic carbocycles. The van der Waals surface area contributed by atoms with E-state index in [1.807, 2.05) is 0 Å². The molecule has 2 bridgehead atoms. The lowest BCUT2D eigenvalue weighted by molar-refractivity contribution is 0.110. The minimum Gasteiger partial charge on any atom is -0.496 e. The van der Waals surface area contributed by atoms with E-state index in [-0.39, 0.29) is 6.04 Å². The van der Waals surface area contributed by atoms with E-state index in [1.54, 1.807) is 0 Å². The summed E-state index contributed by atoms with van der Waals surface area (Å²) in [7, 11) is 2.27. The molecule has 16 heavy (non-hydrogen) atoms. The highest BCUT2D eigenvalue weighted by Gasteiger charge is 2.41. The summed E-state index contributed by atoms with van der Waals surface area (Å²) >= 11 is 0. The van der Waals surface area contributed by atoms with Gasteiger partial charge in [0.05, 0.1) is 12.6 Å². The van der Waals surface area contributed by atoms with E-state index in [1.165, 1.54) is 25.7 Å². The molecule has 2 N–H and O–H groups in total. The maximum atomic E-state index is 6.34. The van der Waals surface area contributed by atoms with Gasteiger partial charge in [-0.05, 0) is 44.7 Å². The van der Waals surface area contributed by atoms with Crippen molar-refractivity contribution < 1.29 is 4.74 Å². The quantitative estimate of drug-likeness (QED) is 0.769. The van der Waals surface area contributed by atoms with E-state index >= 15 is 0 Å². The second-order valence-electron chi connectivity index (χ2n) is 5.55. The van der Waals surface area contributed by atoms with Crippen LogP contribution in [0.3, 0.4) is 0 Å². The van der Waals surface area contributed by atoms with Crippen LogP contribution in [0.5, 0.6) is 0 Å². The molecule has 0 spiro atoms. The Balaban J connectivity index is 1.68. The first kappa shape index (κ1) is 10.6. The highest BCUT2D eigenvalue weighted by molar-refractivity contribution is 5.10. The number of hydrogen-bond acceptors (Lipinski definition) is 3. The molecule has 0 aromatic carbocycles. The minimum atomic E-state index is 0.152. The minimum absolute atomic E-state index is 0.152. The molecule has 3 heteroatoms. The van der Waals surface area contributed by atoms with Gasteiger partial charge in [0.2, 0.25) is 0 Å². The summed E-state index contributed by atoms with van der Waals surface area (Å²) in [5, 5.41) is 0. The molecule has 0 aromatic heterocycles. The zero-order valence-corrected chi connectivity index (χ0v) is 10.1. The maximum absolute atomic E-state index is 6.34. The van der Waals surface area contributed by atoms with Gasteiger partial charge in [-0.3, -0.25) is 0 Å². The summed E-state index contributed by atoms with van der Waals surface area (Å²) in [5.74, 6) is 1.70. The Labute approximate surface area is 97.6 Å². The van der Waals surface area contributed by atoms with Gasteiger partial charge in [0, 0.05) is 18.5 Å². The van der Waals surface area contributed by atoms with Gasteiger partial charge in [-0.25, -0.2) is 0 Å². The van der Waals surface area contributed by atoms with Crippen molar-refractivity contribution in [3.63, 3.8) is 0 Å². The monoisotopic (exact) mass is 222 g/mol. The van der Waals surface area contributed by atoms with Gasteiger partial charge in [0.15, 0.2) is 0 Å². The van der Waals surface area contributed by atoms with Crippen molar-refractivity contribution in [3.05, 3.63) is 11.8 Å². The van der Waals surface area contributed by atoms with Gasteiger partial charge < -0.3 is 15.4 Å². The van der Waals surface area contributed by atoms with Gasteiger partial charge in [-0.15, -0.1) is 0 Å². The van der Waals surface area contributed by atoms with Crippen molar-refractivity contribution >= 4 is 0 Å². The largest absolute Gasteiger partial charge is 0.496 e. The zero-order valence-electron chi connectivity index (χ0n) is 10.1. The van der Waals surface area contributed by atoms with E-state index in [4.69, 9.17) is 10.5 Å². The highest BCUT2D eigenvalue weighted by atomic mass is 16.5. The molecule has 3 heterocycles. The predicted molar refractivity (Wildman–Crippen MR) is 63.9 cm³/mol. The zero-order chi connectivity index (χ0) is 11.1. The molecule has 3 atom stereocenters. The van der Waals surface area contributed by atoms with Crippen molar-refractivity contribution in [1.82, 2.24) is 4.90 Å². The van der Waals surface area contributed by atoms with Crippen molar-refractivity contribution in [2.45, 2.75) is 50.2 Å². The molecular weight excluding hydrogens is 200 g/mol. The number of rotatable bonds is 2. The SMILES string of the molecule is CN1C2CCC1CC(C(N)C1=CCCO1)C2. The summed E-state index contributed by atoms with van der Waals surface area (Å²) in [4.78, 5) is 2.56. The third kappa shape index (κ3) is 1.66. The third-order valence-corrected chi connectivity index (χ3v) is 4.70. The topological polar surface area (TPSA) is 38.5 Å². The second-order valence-corrected chi connectivity index (χ2v) is 5.55. The van der Waals surface area contributed by atoms with Crippen LogP contribution in [0.4, 0.5) is 0 Å². The first-order valence-corrected chi connectivity index (χ1v) is 6.56. The van der Waals surface area contributed by atoms with Gasteiger partial charge in [0.1, 0.15) is 5.76 Å². The maximum Gasteiger partial charge on any atom is 0.109 e. The van der Waals surface area contributed by atoms with Crippen LogP contribution in [-0.4, -0.2) is 36.7 Å². The molecular formula is C13H22N2O. The van der Waals surface area contributed by atoms with Crippen LogP contribution >= 0.6 is 0 Å². The normalized spacial score (nSPS) is 40.6. The van der Waals surface area contributed by atoms with E-state index < -0.39 is 0 Å². The predicted octanol–water partition coefficient (Wildman–Crippen LogP) is 1.49. The number of ether oxygens (including phenoxy) is 1. The van der Waals surface area contributed by atoms with Crippen molar-refractivity contribution in [1.29, 1.82) is 0 Å². The van der Waals surface area contributed by atoms with Crippen LogP contribution in [0.15, 0.2) is 11.8 Å². The van der Waals surface area contributed by atoms with Crippen LogP contribution in [0.1, 0.15) is 32.1 Å². The summed E-state index contributed by atoms with van der Waals surface area (Å²) in [6.07, 6.45) is 8.48. The van der Waals surface area contributed by atoms with Crippen LogP contribution in [0.25, 0.3) is 0 Å². The average molecular weight is 222 g/mol. The molecule has 3 nitrogen and oxygen atoms in total. The van der Waals surface area contributed by atoms with E-state index in [2.05, 4.69) is 18.0 Å². The van der Waals surface area contributed by atoms with Gasteiger partial charge in [-0.2, -0.15) is 0 Å². The standard InChI is InChI=1S/C13H22N2O/c1-15-10-4-5-11(15)8-9(7-10)13(14)12-3-2-6-16-12/h3,9-11,13H,2,4-8,14H2,1H3. The molecule has 2 saturated heterocycles. The Morgan fingerprint density at radius 3 is 2.62 bits per heavy atom. The Kier molecular flexibility index (Phi) is 2.68. The second kappa shape index (κ2) is 4.04. The third-order valence-electron chi connectivity index (χ3n) is 4.70. The van der Waals surface area contributed by atoms with Gasteiger partial charge in [0.25, 0.3) is 0 Å². The average Bonchev–Trinajstić information content (AvgIpc) is 2.85. The molecule has 2 fully saturated rings. The lowest BCUT2D eigenvalue weighted by Gasteiger charge is -2.38. The molecule has 3 aliphatic heterocycles. The van der Waals surface area contributed by atoms with Crippen LogP contribution in [0, 0.1) is 5.92 Å². The molecule has 90 valence electrons. The van der Waals surface area contributed by atoms with E-state index in [0.717, 1.165) is 30.9 Å². The molecule has 0 radical (unpaired) electrons. The molecule has 0 saturated carbocycles. The molecule has 0 amide bonds. The van der Waals surface area contributed by atoms with Crippen molar-refractivity contribution in [2.75, 3.05) is 13.7 Å². The smallest absolute Gasteiger partial charge is 0.109 e. The molecule has 0 aromatic rings. The van der Waals surface area contributed by atoms with E-state index in [9.17, 15) is 0 Å². The fourth-order valence-corrected chi connectivity index (χ4v) is 3.65. The summed E-state index contributed by atoms with van der Waals surface area (Å²) in [5.41, 5.74) is 6.34. The van der Waals surface area contributed by atoms with Crippen molar-refractivity contribution in [3.8, 4) is 0 Å². The lowest BCUT2D eigenvalue weighted by atomic mass is 9.84. The van der Waals surface area contributed by atoms with Crippen molar-refractivity contribution in [2.24, 2.45) is 11.7 Å².